The van der Waals surface area contributed by atoms with Gasteiger partial charge in [0.05, 0.1) is 0 Å². The molecular formula is C9H14N2. The van der Waals surface area contributed by atoms with Crippen LogP contribution in [0.3, 0.4) is 0 Å². The predicted octanol–water partition coefficient (Wildman–Crippen LogP) is 2.07. The van der Waals surface area contributed by atoms with Crippen molar-refractivity contribution < 1.29 is 0 Å². The van der Waals surface area contributed by atoms with Crippen molar-refractivity contribution in [3.63, 3.8) is 0 Å². The first kappa shape index (κ1) is 8.18. The Morgan fingerprint density at radius 1 is 1.18 bits per heavy atom. The van der Waals surface area contributed by atoms with Crippen LogP contribution in [0.15, 0.2) is 18.7 Å². The van der Waals surface area contributed by atoms with E-state index in [0.717, 1.165) is 6.42 Å². The van der Waals surface area contributed by atoms with Gasteiger partial charge in [-0.1, -0.05) is 20.8 Å². The molecule has 0 unspecified atom stereocenters. The third-order valence-corrected chi connectivity index (χ3v) is 1.35. The first-order valence-electron chi connectivity index (χ1n) is 3.82. The summed E-state index contributed by atoms with van der Waals surface area (Å²) < 4.78 is 0. The molecule has 0 bridgehead atoms. The van der Waals surface area contributed by atoms with Crippen LogP contribution in [0.4, 0.5) is 0 Å². The van der Waals surface area contributed by atoms with Crippen molar-refractivity contribution in [3.8, 4) is 0 Å². The molecular weight excluding hydrogens is 136 g/mol. The van der Waals surface area contributed by atoms with E-state index in [2.05, 4.69) is 30.7 Å². The van der Waals surface area contributed by atoms with Crippen LogP contribution in [0, 0.1) is 5.41 Å². The topological polar surface area (TPSA) is 25.8 Å². The van der Waals surface area contributed by atoms with E-state index in [4.69, 9.17) is 0 Å². The number of nitrogens with zero attached hydrogens (tertiary/aromatic N) is 2. The van der Waals surface area contributed by atoms with Gasteiger partial charge in [0.15, 0.2) is 0 Å². The Labute approximate surface area is 67.7 Å². The lowest BCUT2D eigenvalue weighted by Gasteiger charge is -2.16. The number of aromatic nitrogens is 2. The summed E-state index contributed by atoms with van der Waals surface area (Å²) in [6.45, 7) is 6.62. The molecule has 0 spiro atoms. The molecule has 1 aromatic heterocycles. The summed E-state index contributed by atoms with van der Waals surface area (Å²) in [5.74, 6) is 0. The number of hydrogen-bond donors (Lipinski definition) is 0. The highest BCUT2D eigenvalue weighted by Gasteiger charge is 2.10. The maximum absolute atomic E-state index is 3.96. The molecule has 0 amide bonds. The molecule has 0 aliphatic carbocycles. The zero-order valence-electron chi connectivity index (χ0n) is 7.33. The van der Waals surface area contributed by atoms with Crippen LogP contribution in [0.25, 0.3) is 0 Å². The van der Waals surface area contributed by atoms with Gasteiger partial charge >= 0.3 is 0 Å². The van der Waals surface area contributed by atoms with Gasteiger partial charge < -0.3 is 0 Å². The zero-order chi connectivity index (χ0) is 8.32. The molecule has 0 atom stereocenters. The van der Waals surface area contributed by atoms with Gasteiger partial charge in [-0.2, -0.15) is 0 Å². The molecule has 0 aliphatic rings. The van der Waals surface area contributed by atoms with E-state index in [1.165, 1.54) is 5.56 Å². The van der Waals surface area contributed by atoms with Crippen LogP contribution in [0.5, 0.6) is 0 Å². The SMILES string of the molecule is CC(C)(C)Cc1cncnc1. The van der Waals surface area contributed by atoms with Crippen LogP contribution in [0.2, 0.25) is 0 Å². The van der Waals surface area contributed by atoms with Crippen LogP contribution >= 0.6 is 0 Å². The molecule has 1 rings (SSSR count). The van der Waals surface area contributed by atoms with Gasteiger partial charge in [-0.3, -0.25) is 0 Å². The lowest BCUT2D eigenvalue weighted by Crippen LogP contribution is -2.09. The van der Waals surface area contributed by atoms with Gasteiger partial charge in [-0.25, -0.2) is 9.97 Å². The van der Waals surface area contributed by atoms with E-state index >= 15 is 0 Å². The van der Waals surface area contributed by atoms with E-state index in [0.29, 0.717) is 5.41 Å². The van der Waals surface area contributed by atoms with Crippen molar-refractivity contribution in [3.05, 3.63) is 24.3 Å². The molecule has 1 aromatic rings. The Morgan fingerprint density at radius 3 is 2.18 bits per heavy atom. The molecule has 60 valence electrons. The average molecular weight is 150 g/mol. The number of hydrogen-bond acceptors (Lipinski definition) is 2. The highest BCUT2D eigenvalue weighted by Crippen LogP contribution is 2.18. The third kappa shape index (κ3) is 3.12. The van der Waals surface area contributed by atoms with E-state index in [-0.39, 0.29) is 0 Å². The summed E-state index contributed by atoms with van der Waals surface area (Å²) in [5.41, 5.74) is 1.53. The monoisotopic (exact) mass is 150 g/mol. The van der Waals surface area contributed by atoms with E-state index in [9.17, 15) is 0 Å². The van der Waals surface area contributed by atoms with Crippen LogP contribution in [-0.4, -0.2) is 9.97 Å². The van der Waals surface area contributed by atoms with E-state index in [1.807, 2.05) is 12.4 Å². The molecule has 0 radical (unpaired) electrons. The second kappa shape index (κ2) is 2.99. The van der Waals surface area contributed by atoms with Crippen molar-refractivity contribution in [1.82, 2.24) is 9.97 Å². The van der Waals surface area contributed by atoms with Crippen LogP contribution in [-0.2, 0) is 6.42 Å². The van der Waals surface area contributed by atoms with Gasteiger partial charge in [0.2, 0.25) is 0 Å². The average Bonchev–Trinajstić information content (AvgIpc) is 1.85. The summed E-state index contributed by atoms with van der Waals surface area (Å²) in [4.78, 5) is 7.92. The second-order valence-corrected chi connectivity index (χ2v) is 3.98. The Hall–Kier alpha value is -0.920. The van der Waals surface area contributed by atoms with Gasteiger partial charge in [-0.05, 0) is 17.4 Å². The fourth-order valence-corrected chi connectivity index (χ4v) is 1.03. The summed E-state index contributed by atoms with van der Waals surface area (Å²) in [5, 5.41) is 0. The van der Waals surface area contributed by atoms with Gasteiger partial charge in [0, 0.05) is 12.4 Å². The third-order valence-electron chi connectivity index (χ3n) is 1.35. The predicted molar refractivity (Wildman–Crippen MR) is 45.2 cm³/mol. The Bertz CT molecular complexity index is 211. The largest absolute Gasteiger partial charge is 0.245 e. The number of rotatable bonds is 1. The molecule has 11 heavy (non-hydrogen) atoms. The summed E-state index contributed by atoms with van der Waals surface area (Å²) in [6, 6.07) is 0. The van der Waals surface area contributed by atoms with Gasteiger partial charge in [-0.15, -0.1) is 0 Å². The lowest BCUT2D eigenvalue weighted by atomic mass is 9.89. The molecule has 2 nitrogen and oxygen atoms in total. The van der Waals surface area contributed by atoms with Gasteiger partial charge in [0.1, 0.15) is 6.33 Å². The minimum Gasteiger partial charge on any atom is -0.245 e. The molecule has 0 fully saturated rings. The minimum atomic E-state index is 0.324. The minimum absolute atomic E-state index is 0.324. The molecule has 0 aliphatic heterocycles. The highest BCUT2D eigenvalue weighted by molar-refractivity contribution is 5.04. The van der Waals surface area contributed by atoms with E-state index < -0.39 is 0 Å². The molecule has 1 heterocycles. The first-order valence-corrected chi connectivity index (χ1v) is 3.82. The quantitative estimate of drug-likeness (QED) is 0.612. The van der Waals surface area contributed by atoms with Crippen molar-refractivity contribution in [2.75, 3.05) is 0 Å². The first-order chi connectivity index (χ1) is 5.08. The standard InChI is InChI=1S/C9H14N2/c1-9(2,3)4-8-5-10-7-11-6-8/h5-7H,4H2,1-3H3. The maximum Gasteiger partial charge on any atom is 0.115 e. The van der Waals surface area contributed by atoms with Crippen molar-refractivity contribution >= 4 is 0 Å². The Balaban J connectivity index is 2.66. The Kier molecular flexibility index (Phi) is 2.22. The van der Waals surface area contributed by atoms with E-state index in [1.54, 1.807) is 6.33 Å². The summed E-state index contributed by atoms with van der Waals surface area (Å²) in [7, 11) is 0. The van der Waals surface area contributed by atoms with Crippen molar-refractivity contribution in [1.29, 1.82) is 0 Å². The summed E-state index contributed by atoms with van der Waals surface area (Å²) in [6.07, 6.45) is 6.34. The normalized spacial score (nSPS) is 11.5. The molecule has 2 heteroatoms. The molecule has 0 saturated carbocycles. The Morgan fingerprint density at radius 2 is 1.73 bits per heavy atom. The fraction of sp³-hybridized carbons (Fsp3) is 0.556. The smallest absolute Gasteiger partial charge is 0.115 e. The zero-order valence-corrected chi connectivity index (χ0v) is 7.33. The highest BCUT2D eigenvalue weighted by atomic mass is 14.8. The van der Waals surface area contributed by atoms with Crippen molar-refractivity contribution in [2.45, 2.75) is 27.2 Å². The van der Waals surface area contributed by atoms with Crippen LogP contribution < -0.4 is 0 Å². The second-order valence-electron chi connectivity index (χ2n) is 3.98. The fourth-order valence-electron chi connectivity index (χ4n) is 1.03. The molecule has 0 N–H and O–H groups in total. The maximum atomic E-state index is 3.96. The van der Waals surface area contributed by atoms with Crippen molar-refractivity contribution in [2.24, 2.45) is 5.41 Å². The molecule has 0 aromatic carbocycles. The summed E-state index contributed by atoms with van der Waals surface area (Å²) >= 11 is 0. The lowest BCUT2D eigenvalue weighted by molar-refractivity contribution is 0.410. The molecule has 0 saturated heterocycles. The van der Waals surface area contributed by atoms with Gasteiger partial charge in [0.25, 0.3) is 0 Å². The van der Waals surface area contributed by atoms with Crippen LogP contribution in [0.1, 0.15) is 26.3 Å².